The molecule has 0 aliphatic carbocycles. The summed E-state index contributed by atoms with van der Waals surface area (Å²) in [7, 11) is 0. The second-order valence-electron chi connectivity index (χ2n) is 3.22. The van der Waals surface area contributed by atoms with Crippen LogP contribution >= 0.6 is 23.2 Å². The summed E-state index contributed by atoms with van der Waals surface area (Å²) < 4.78 is 4.97. The van der Waals surface area contributed by atoms with Crippen LogP contribution in [0.5, 0.6) is 0 Å². The molecule has 8 heteroatoms. The Morgan fingerprint density at radius 2 is 2.12 bits per heavy atom. The number of hydrogen-bond acceptors (Lipinski definition) is 6. The highest BCUT2D eigenvalue weighted by Crippen LogP contribution is 2.25. The molecule has 0 aliphatic heterocycles. The number of aromatic nitrogens is 3. The van der Waals surface area contributed by atoms with E-state index >= 15 is 0 Å². The fourth-order valence-electron chi connectivity index (χ4n) is 0.867. The zero-order valence-electron chi connectivity index (χ0n) is 9.20. The summed E-state index contributed by atoms with van der Waals surface area (Å²) in [5, 5.41) is 13.3. The number of nitrogens with one attached hydrogen (secondary N) is 1. The summed E-state index contributed by atoms with van der Waals surface area (Å²) >= 11 is 11.5. The summed E-state index contributed by atoms with van der Waals surface area (Å²) in [5.41, 5.74) is 0.295. The van der Waals surface area contributed by atoms with E-state index in [1.165, 1.54) is 0 Å². The van der Waals surface area contributed by atoms with E-state index in [9.17, 15) is 4.79 Å². The fraction of sp³-hybridized carbons (Fsp3) is 0.333. The van der Waals surface area contributed by atoms with Gasteiger partial charge in [0.2, 0.25) is 0 Å². The molecule has 1 aromatic heterocycles. The SMILES string of the molecule is C=C(C)C(=O)OC(C)Nc1nnnc(Cl)c1Cl. The number of nitrogens with zero attached hydrogens (tertiary/aromatic N) is 3. The highest BCUT2D eigenvalue weighted by atomic mass is 35.5. The van der Waals surface area contributed by atoms with Crippen LogP contribution in [0.3, 0.4) is 0 Å². The van der Waals surface area contributed by atoms with Gasteiger partial charge in [-0.25, -0.2) is 4.79 Å². The number of carbonyl (C=O) groups is 1. The van der Waals surface area contributed by atoms with Gasteiger partial charge in [-0.1, -0.05) is 29.8 Å². The number of rotatable bonds is 4. The molecule has 1 heterocycles. The van der Waals surface area contributed by atoms with Crippen molar-refractivity contribution in [2.45, 2.75) is 20.1 Å². The van der Waals surface area contributed by atoms with Crippen LogP contribution in [0, 0.1) is 0 Å². The molecular formula is C9H10Cl2N4O2. The first-order valence-electron chi connectivity index (χ1n) is 4.59. The average Bonchev–Trinajstić information content (AvgIpc) is 2.24. The smallest absolute Gasteiger partial charge is 0.335 e. The van der Waals surface area contributed by atoms with E-state index in [1.807, 2.05) is 0 Å². The van der Waals surface area contributed by atoms with Gasteiger partial charge in [-0.2, -0.15) is 0 Å². The van der Waals surface area contributed by atoms with Gasteiger partial charge in [-0.15, -0.1) is 10.2 Å². The topological polar surface area (TPSA) is 77.0 Å². The van der Waals surface area contributed by atoms with Crippen LogP contribution < -0.4 is 5.32 Å². The Hall–Kier alpha value is -1.40. The molecule has 0 aromatic carbocycles. The Balaban J connectivity index is 2.68. The Bertz CT molecular complexity index is 453. The Morgan fingerprint density at radius 3 is 2.71 bits per heavy atom. The molecule has 1 unspecified atom stereocenters. The van der Waals surface area contributed by atoms with Crippen LogP contribution in [0.15, 0.2) is 12.2 Å². The first-order chi connectivity index (χ1) is 7.91. The molecule has 0 bridgehead atoms. The maximum absolute atomic E-state index is 11.2. The Morgan fingerprint density at radius 1 is 1.47 bits per heavy atom. The maximum atomic E-state index is 11.2. The van der Waals surface area contributed by atoms with Crippen LogP contribution in [0.1, 0.15) is 13.8 Å². The number of hydrogen-bond donors (Lipinski definition) is 1. The third-order valence-electron chi connectivity index (χ3n) is 1.64. The summed E-state index contributed by atoms with van der Waals surface area (Å²) in [6.07, 6.45) is -0.649. The van der Waals surface area contributed by atoms with Crippen LogP contribution in [-0.2, 0) is 9.53 Å². The highest BCUT2D eigenvalue weighted by molar-refractivity contribution is 6.42. The third kappa shape index (κ3) is 3.83. The Labute approximate surface area is 108 Å². The second kappa shape index (κ2) is 5.79. The zero-order valence-corrected chi connectivity index (χ0v) is 10.7. The standard InChI is InChI=1S/C9H10Cl2N4O2/c1-4(2)9(16)17-5(3)12-8-6(10)7(11)13-15-14-8/h5H,1H2,2-3H3,(H,12,13,14). The molecule has 1 atom stereocenters. The second-order valence-corrected chi connectivity index (χ2v) is 3.95. The van der Waals surface area contributed by atoms with Gasteiger partial charge in [-0.05, 0) is 19.1 Å². The lowest BCUT2D eigenvalue weighted by molar-refractivity contribution is -0.142. The van der Waals surface area contributed by atoms with E-state index < -0.39 is 12.2 Å². The van der Waals surface area contributed by atoms with Crippen molar-refractivity contribution in [3.63, 3.8) is 0 Å². The highest BCUT2D eigenvalue weighted by Gasteiger charge is 2.14. The minimum absolute atomic E-state index is 0.0163. The summed E-state index contributed by atoms with van der Waals surface area (Å²) in [6, 6.07) is 0. The normalized spacial score (nSPS) is 11.8. The van der Waals surface area contributed by atoms with Gasteiger partial charge in [0.25, 0.3) is 0 Å². The van der Waals surface area contributed by atoms with E-state index in [4.69, 9.17) is 27.9 Å². The molecule has 0 spiro atoms. The number of anilines is 1. The molecule has 1 aromatic rings. The van der Waals surface area contributed by atoms with Gasteiger partial charge in [0.15, 0.2) is 17.2 Å². The lowest BCUT2D eigenvalue weighted by Crippen LogP contribution is -2.24. The minimum atomic E-state index is -0.649. The predicted molar refractivity (Wildman–Crippen MR) is 63.8 cm³/mol. The maximum Gasteiger partial charge on any atom is 0.335 e. The van der Waals surface area contributed by atoms with Crippen molar-refractivity contribution < 1.29 is 9.53 Å². The molecule has 0 saturated carbocycles. The van der Waals surface area contributed by atoms with Crippen molar-refractivity contribution in [1.29, 1.82) is 0 Å². The van der Waals surface area contributed by atoms with Crippen molar-refractivity contribution in [1.82, 2.24) is 15.4 Å². The lowest BCUT2D eigenvalue weighted by Gasteiger charge is -2.15. The molecule has 0 aliphatic rings. The molecule has 6 nitrogen and oxygen atoms in total. The van der Waals surface area contributed by atoms with Crippen LogP contribution in [0.25, 0.3) is 0 Å². The van der Waals surface area contributed by atoms with Crippen LogP contribution in [-0.4, -0.2) is 27.6 Å². The van der Waals surface area contributed by atoms with Gasteiger partial charge < -0.3 is 10.1 Å². The number of esters is 1. The largest absolute Gasteiger partial charge is 0.439 e. The number of halogens is 2. The van der Waals surface area contributed by atoms with Gasteiger partial charge in [-0.3, -0.25) is 0 Å². The first kappa shape index (κ1) is 13.7. The summed E-state index contributed by atoms with van der Waals surface area (Å²) in [4.78, 5) is 11.2. The Kier molecular flexibility index (Phi) is 4.65. The molecule has 0 fully saturated rings. The first-order valence-corrected chi connectivity index (χ1v) is 5.34. The zero-order chi connectivity index (χ0) is 13.0. The van der Waals surface area contributed by atoms with Gasteiger partial charge in [0.05, 0.1) is 0 Å². The number of carbonyl (C=O) groups excluding carboxylic acids is 1. The summed E-state index contributed by atoms with van der Waals surface area (Å²) in [6.45, 7) is 6.61. The van der Waals surface area contributed by atoms with Crippen molar-refractivity contribution in [2.75, 3.05) is 5.32 Å². The molecule has 0 radical (unpaired) electrons. The van der Waals surface area contributed by atoms with Crippen molar-refractivity contribution >= 4 is 35.0 Å². The van der Waals surface area contributed by atoms with Crippen molar-refractivity contribution in [3.05, 3.63) is 22.3 Å². The van der Waals surface area contributed by atoms with Gasteiger partial charge in [0.1, 0.15) is 5.02 Å². The van der Waals surface area contributed by atoms with E-state index in [2.05, 4.69) is 27.3 Å². The quantitative estimate of drug-likeness (QED) is 0.515. The van der Waals surface area contributed by atoms with Crippen molar-refractivity contribution in [3.8, 4) is 0 Å². The van der Waals surface area contributed by atoms with Crippen molar-refractivity contribution in [2.24, 2.45) is 0 Å². The number of ether oxygens (including phenoxy) is 1. The van der Waals surface area contributed by atoms with Gasteiger partial charge in [0, 0.05) is 5.57 Å². The van der Waals surface area contributed by atoms with E-state index in [-0.39, 0.29) is 16.0 Å². The molecule has 0 saturated heterocycles. The fourth-order valence-corrected chi connectivity index (χ4v) is 1.12. The molecular weight excluding hydrogens is 267 g/mol. The lowest BCUT2D eigenvalue weighted by atomic mass is 10.4. The predicted octanol–water partition coefficient (Wildman–Crippen LogP) is 2.06. The van der Waals surface area contributed by atoms with Gasteiger partial charge >= 0.3 is 5.97 Å². The average molecular weight is 277 g/mol. The third-order valence-corrected chi connectivity index (χ3v) is 2.36. The molecule has 17 heavy (non-hydrogen) atoms. The van der Waals surface area contributed by atoms with E-state index in [1.54, 1.807) is 13.8 Å². The molecule has 1 N–H and O–H groups in total. The molecule has 92 valence electrons. The van der Waals surface area contributed by atoms with E-state index in [0.29, 0.717) is 5.57 Å². The molecule has 1 rings (SSSR count). The van der Waals surface area contributed by atoms with E-state index in [0.717, 1.165) is 0 Å². The van der Waals surface area contributed by atoms with Crippen LogP contribution in [0.2, 0.25) is 10.2 Å². The molecule has 0 amide bonds. The monoisotopic (exact) mass is 276 g/mol. The minimum Gasteiger partial charge on any atom is -0.439 e. The summed E-state index contributed by atoms with van der Waals surface area (Å²) in [5.74, 6) is -0.331. The van der Waals surface area contributed by atoms with Crippen LogP contribution in [0.4, 0.5) is 5.82 Å².